The molecular formula is C24H27N5O3. The summed E-state index contributed by atoms with van der Waals surface area (Å²) in [5.74, 6) is 1.74. The van der Waals surface area contributed by atoms with Gasteiger partial charge in [-0.25, -0.2) is 0 Å². The molecule has 1 N–H and O–H groups in total. The van der Waals surface area contributed by atoms with Crippen molar-refractivity contribution in [2.75, 3.05) is 32.8 Å². The van der Waals surface area contributed by atoms with Crippen LogP contribution in [-0.2, 0) is 4.79 Å². The van der Waals surface area contributed by atoms with Gasteiger partial charge in [-0.3, -0.25) is 9.59 Å². The molecule has 2 atom stereocenters. The second-order valence-corrected chi connectivity index (χ2v) is 9.04. The predicted octanol–water partition coefficient (Wildman–Crippen LogP) is 2.69. The van der Waals surface area contributed by atoms with Gasteiger partial charge in [0, 0.05) is 43.6 Å². The van der Waals surface area contributed by atoms with Crippen molar-refractivity contribution in [1.82, 2.24) is 25.2 Å². The lowest BCUT2D eigenvalue weighted by Gasteiger charge is -2.22. The molecule has 2 saturated heterocycles. The second kappa shape index (κ2) is 8.26. The SMILES string of the molecule is CC(C)c1ccccc1OCC(=O)N1CC2CN(C(=O)c3ccc4n[nH]nc4c3)CC2C1. The molecule has 2 aliphatic heterocycles. The molecule has 8 nitrogen and oxygen atoms in total. The quantitative estimate of drug-likeness (QED) is 0.668. The van der Waals surface area contributed by atoms with E-state index in [1.54, 1.807) is 18.2 Å². The fraction of sp³-hybridized carbons (Fsp3) is 0.417. The maximum Gasteiger partial charge on any atom is 0.260 e. The van der Waals surface area contributed by atoms with Gasteiger partial charge in [-0.1, -0.05) is 32.0 Å². The minimum Gasteiger partial charge on any atom is -0.483 e. The van der Waals surface area contributed by atoms with Crippen LogP contribution >= 0.6 is 0 Å². The van der Waals surface area contributed by atoms with Crippen LogP contribution in [-0.4, -0.2) is 69.8 Å². The molecule has 2 aromatic carbocycles. The molecule has 32 heavy (non-hydrogen) atoms. The summed E-state index contributed by atoms with van der Waals surface area (Å²) in [6.45, 7) is 6.95. The zero-order valence-electron chi connectivity index (χ0n) is 18.3. The zero-order valence-corrected chi connectivity index (χ0v) is 18.3. The first kappa shape index (κ1) is 20.5. The molecule has 0 aliphatic carbocycles. The Labute approximate surface area is 186 Å². The highest BCUT2D eigenvalue weighted by Crippen LogP contribution is 2.32. The number of rotatable bonds is 5. The van der Waals surface area contributed by atoms with Gasteiger partial charge < -0.3 is 14.5 Å². The second-order valence-electron chi connectivity index (χ2n) is 9.04. The molecule has 3 aromatic rings. The summed E-state index contributed by atoms with van der Waals surface area (Å²) in [5, 5.41) is 10.7. The van der Waals surface area contributed by atoms with Crippen molar-refractivity contribution in [1.29, 1.82) is 0 Å². The number of H-pyrrole nitrogens is 1. The van der Waals surface area contributed by atoms with Crippen molar-refractivity contribution < 1.29 is 14.3 Å². The first-order valence-corrected chi connectivity index (χ1v) is 11.1. The number of nitrogens with one attached hydrogen (secondary N) is 1. The van der Waals surface area contributed by atoms with E-state index in [0.29, 0.717) is 55.0 Å². The normalized spacial score (nSPS) is 20.2. The average Bonchev–Trinajstić information content (AvgIpc) is 3.51. The fourth-order valence-electron chi connectivity index (χ4n) is 4.84. The van der Waals surface area contributed by atoms with Crippen molar-refractivity contribution in [3.05, 3.63) is 53.6 Å². The molecule has 0 spiro atoms. The van der Waals surface area contributed by atoms with Crippen molar-refractivity contribution in [2.24, 2.45) is 11.8 Å². The lowest BCUT2D eigenvalue weighted by atomic mass is 10.0. The molecular weight excluding hydrogens is 406 g/mol. The van der Waals surface area contributed by atoms with E-state index in [9.17, 15) is 9.59 Å². The highest BCUT2D eigenvalue weighted by atomic mass is 16.5. The highest BCUT2D eigenvalue weighted by Gasteiger charge is 2.43. The van der Waals surface area contributed by atoms with E-state index in [1.165, 1.54) is 0 Å². The summed E-state index contributed by atoms with van der Waals surface area (Å²) in [4.78, 5) is 29.5. The third kappa shape index (κ3) is 3.81. The molecule has 1 aromatic heterocycles. The number of para-hydroxylation sites is 1. The van der Waals surface area contributed by atoms with Crippen LogP contribution in [0.25, 0.3) is 11.0 Å². The molecule has 0 bridgehead atoms. The van der Waals surface area contributed by atoms with Crippen LogP contribution in [0.15, 0.2) is 42.5 Å². The Balaban J connectivity index is 1.17. The maximum absolute atomic E-state index is 13.0. The van der Waals surface area contributed by atoms with Gasteiger partial charge in [0.25, 0.3) is 11.8 Å². The smallest absolute Gasteiger partial charge is 0.260 e. The first-order chi connectivity index (χ1) is 15.5. The molecule has 2 amide bonds. The van der Waals surface area contributed by atoms with E-state index < -0.39 is 0 Å². The van der Waals surface area contributed by atoms with E-state index in [2.05, 4.69) is 29.3 Å². The summed E-state index contributed by atoms with van der Waals surface area (Å²) in [6, 6.07) is 13.3. The third-order valence-electron chi connectivity index (χ3n) is 6.58. The molecule has 3 heterocycles. The van der Waals surface area contributed by atoms with Gasteiger partial charge in [-0.05, 0) is 35.7 Å². The molecule has 0 saturated carbocycles. The van der Waals surface area contributed by atoms with Crippen molar-refractivity contribution in [3.63, 3.8) is 0 Å². The number of hydrogen-bond donors (Lipinski definition) is 1. The molecule has 2 aliphatic rings. The van der Waals surface area contributed by atoms with E-state index in [4.69, 9.17) is 4.74 Å². The van der Waals surface area contributed by atoms with Crippen molar-refractivity contribution in [2.45, 2.75) is 19.8 Å². The molecule has 5 rings (SSSR count). The van der Waals surface area contributed by atoms with Crippen LogP contribution in [0, 0.1) is 11.8 Å². The number of likely N-dealkylation sites (tertiary alicyclic amines) is 2. The summed E-state index contributed by atoms with van der Waals surface area (Å²) in [6.07, 6.45) is 0. The number of carbonyl (C=O) groups excluding carboxylic acids is 2. The highest BCUT2D eigenvalue weighted by molar-refractivity contribution is 5.97. The number of nitrogens with zero attached hydrogens (tertiary/aromatic N) is 4. The van der Waals surface area contributed by atoms with Crippen LogP contribution in [0.2, 0.25) is 0 Å². The van der Waals surface area contributed by atoms with Crippen molar-refractivity contribution >= 4 is 22.8 Å². The van der Waals surface area contributed by atoms with Crippen LogP contribution in [0.5, 0.6) is 5.75 Å². The Hall–Kier alpha value is -3.42. The summed E-state index contributed by atoms with van der Waals surface area (Å²) in [7, 11) is 0. The van der Waals surface area contributed by atoms with Crippen molar-refractivity contribution in [3.8, 4) is 5.75 Å². The Morgan fingerprint density at radius 1 is 1.00 bits per heavy atom. The summed E-state index contributed by atoms with van der Waals surface area (Å²) >= 11 is 0. The van der Waals surface area contributed by atoms with Gasteiger partial charge in [0.15, 0.2) is 6.61 Å². The Morgan fingerprint density at radius 2 is 1.69 bits per heavy atom. The van der Waals surface area contributed by atoms with Gasteiger partial charge in [0.05, 0.1) is 0 Å². The lowest BCUT2D eigenvalue weighted by molar-refractivity contribution is -0.132. The van der Waals surface area contributed by atoms with Gasteiger partial charge in [0.2, 0.25) is 0 Å². The number of ether oxygens (including phenoxy) is 1. The van der Waals surface area contributed by atoms with E-state index in [-0.39, 0.29) is 18.4 Å². The number of hydrogen-bond acceptors (Lipinski definition) is 5. The van der Waals surface area contributed by atoms with E-state index >= 15 is 0 Å². The van der Waals surface area contributed by atoms with Crippen LogP contribution in [0.4, 0.5) is 0 Å². The fourth-order valence-corrected chi connectivity index (χ4v) is 4.84. The van der Waals surface area contributed by atoms with Gasteiger partial charge in [0.1, 0.15) is 16.8 Å². The van der Waals surface area contributed by atoms with Crippen LogP contribution in [0.1, 0.15) is 35.7 Å². The molecule has 166 valence electrons. The summed E-state index contributed by atoms with van der Waals surface area (Å²) in [5.41, 5.74) is 3.16. The molecule has 8 heteroatoms. The third-order valence-corrected chi connectivity index (χ3v) is 6.58. The number of benzene rings is 2. The molecule has 2 unspecified atom stereocenters. The van der Waals surface area contributed by atoms with E-state index in [0.717, 1.165) is 16.8 Å². The van der Waals surface area contributed by atoms with Gasteiger partial charge in [-0.15, -0.1) is 0 Å². The number of fused-ring (bicyclic) bond motifs is 2. The van der Waals surface area contributed by atoms with Crippen LogP contribution in [0.3, 0.4) is 0 Å². The molecule has 0 radical (unpaired) electrons. The average molecular weight is 434 g/mol. The monoisotopic (exact) mass is 433 g/mol. The van der Waals surface area contributed by atoms with Gasteiger partial charge in [-0.2, -0.15) is 15.4 Å². The number of amides is 2. The molecule has 2 fully saturated rings. The zero-order chi connectivity index (χ0) is 22.2. The Kier molecular flexibility index (Phi) is 5.28. The lowest BCUT2D eigenvalue weighted by Crippen LogP contribution is -2.37. The Bertz CT molecular complexity index is 1140. The topological polar surface area (TPSA) is 91.4 Å². The number of aromatic amines is 1. The predicted molar refractivity (Wildman–Crippen MR) is 119 cm³/mol. The Morgan fingerprint density at radius 3 is 2.44 bits per heavy atom. The summed E-state index contributed by atoms with van der Waals surface area (Å²) < 4.78 is 5.87. The van der Waals surface area contributed by atoms with Crippen LogP contribution < -0.4 is 4.74 Å². The number of aromatic nitrogens is 3. The number of carbonyl (C=O) groups is 2. The first-order valence-electron chi connectivity index (χ1n) is 11.1. The van der Waals surface area contributed by atoms with E-state index in [1.807, 2.05) is 34.1 Å². The minimum absolute atomic E-state index is 0.00678. The van der Waals surface area contributed by atoms with Gasteiger partial charge >= 0.3 is 0 Å². The maximum atomic E-state index is 13.0. The largest absolute Gasteiger partial charge is 0.483 e. The minimum atomic E-state index is 0.00678. The standard InChI is InChI=1S/C24H27N5O3/c1-15(2)19-5-3-4-6-22(19)32-14-23(30)28-10-17-12-29(13-18(17)11-28)24(31)16-7-8-20-21(9-16)26-27-25-20/h3-9,15,17-18H,10-14H2,1-2H3,(H,25,26,27).